The van der Waals surface area contributed by atoms with Gasteiger partial charge >= 0.3 is 0 Å². The van der Waals surface area contributed by atoms with Gasteiger partial charge in [0.15, 0.2) is 0 Å². The van der Waals surface area contributed by atoms with E-state index in [9.17, 15) is 23.1 Å². The zero-order chi connectivity index (χ0) is 14.0. The minimum Gasteiger partial charge on any atom is -0.507 e. The third-order valence-corrected chi connectivity index (χ3v) is 2.38. The Morgan fingerprint density at radius 3 is 2.32 bits per heavy atom. The highest BCUT2D eigenvalue weighted by Crippen LogP contribution is 2.21. The first-order valence-electron chi connectivity index (χ1n) is 5.22. The monoisotopic (exact) mass is 267 g/mol. The van der Waals surface area contributed by atoms with E-state index in [-0.39, 0.29) is 11.3 Å². The first kappa shape index (κ1) is 12.9. The lowest BCUT2D eigenvalue weighted by Crippen LogP contribution is -2.13. The van der Waals surface area contributed by atoms with Crippen LogP contribution in [0, 0.1) is 17.5 Å². The zero-order valence-electron chi connectivity index (χ0n) is 9.45. The molecule has 0 atom stereocenters. The Hall–Kier alpha value is -2.50. The number of nitrogens with one attached hydrogen (secondary N) is 1. The number of anilines is 1. The molecular formula is C13H8F3NO2. The van der Waals surface area contributed by atoms with Crippen LogP contribution in [0.2, 0.25) is 0 Å². The summed E-state index contributed by atoms with van der Waals surface area (Å²) in [5, 5.41) is 11.5. The van der Waals surface area contributed by atoms with Gasteiger partial charge in [-0.3, -0.25) is 4.79 Å². The second kappa shape index (κ2) is 5.01. The van der Waals surface area contributed by atoms with Gasteiger partial charge in [-0.25, -0.2) is 13.2 Å². The summed E-state index contributed by atoms with van der Waals surface area (Å²) in [4.78, 5) is 11.7. The van der Waals surface area contributed by atoms with Crippen LogP contribution in [-0.2, 0) is 0 Å². The van der Waals surface area contributed by atoms with Gasteiger partial charge in [-0.05, 0) is 24.3 Å². The zero-order valence-corrected chi connectivity index (χ0v) is 9.45. The normalized spacial score (nSPS) is 10.3. The molecule has 0 heterocycles. The second-order valence-electron chi connectivity index (χ2n) is 3.74. The Labute approximate surface area is 106 Å². The van der Waals surface area contributed by atoms with E-state index >= 15 is 0 Å². The summed E-state index contributed by atoms with van der Waals surface area (Å²) in [7, 11) is 0. The lowest BCUT2D eigenvalue weighted by molar-refractivity contribution is 0.102. The van der Waals surface area contributed by atoms with E-state index in [0.717, 1.165) is 36.4 Å². The van der Waals surface area contributed by atoms with Crippen molar-refractivity contribution >= 4 is 11.6 Å². The SMILES string of the molecule is O=C(Nc1cc(F)ccc1F)c1ccc(F)cc1O. The summed E-state index contributed by atoms with van der Waals surface area (Å²) in [5.74, 6) is -3.72. The van der Waals surface area contributed by atoms with E-state index in [0.29, 0.717) is 0 Å². The van der Waals surface area contributed by atoms with Gasteiger partial charge in [0.2, 0.25) is 0 Å². The largest absolute Gasteiger partial charge is 0.507 e. The highest BCUT2D eigenvalue weighted by molar-refractivity contribution is 6.06. The number of halogens is 3. The first-order chi connectivity index (χ1) is 8.97. The van der Waals surface area contributed by atoms with Gasteiger partial charge in [-0.2, -0.15) is 0 Å². The molecule has 0 spiro atoms. The predicted molar refractivity (Wildman–Crippen MR) is 62.4 cm³/mol. The van der Waals surface area contributed by atoms with Crippen molar-refractivity contribution in [2.45, 2.75) is 0 Å². The van der Waals surface area contributed by atoms with Gasteiger partial charge in [-0.1, -0.05) is 0 Å². The Morgan fingerprint density at radius 2 is 1.63 bits per heavy atom. The van der Waals surface area contributed by atoms with E-state index in [2.05, 4.69) is 5.32 Å². The standard InChI is InChI=1S/C13H8F3NO2/c14-7-2-4-10(16)11(5-7)17-13(19)9-3-1-8(15)6-12(9)18/h1-6,18H,(H,17,19). The van der Waals surface area contributed by atoms with Crippen LogP contribution in [0.4, 0.5) is 18.9 Å². The molecule has 0 bridgehead atoms. The molecule has 1 amide bonds. The van der Waals surface area contributed by atoms with E-state index in [1.165, 1.54) is 0 Å². The molecule has 0 aromatic heterocycles. The lowest BCUT2D eigenvalue weighted by Gasteiger charge is -2.07. The number of aromatic hydroxyl groups is 1. The average Bonchev–Trinajstić information content (AvgIpc) is 2.33. The molecule has 98 valence electrons. The number of rotatable bonds is 2. The molecule has 0 radical (unpaired) electrons. The first-order valence-corrected chi connectivity index (χ1v) is 5.22. The van der Waals surface area contributed by atoms with E-state index in [4.69, 9.17) is 0 Å². The fraction of sp³-hybridized carbons (Fsp3) is 0. The van der Waals surface area contributed by atoms with Crippen LogP contribution in [0.15, 0.2) is 36.4 Å². The molecule has 2 aromatic carbocycles. The number of hydrogen-bond acceptors (Lipinski definition) is 2. The van der Waals surface area contributed by atoms with Crippen molar-refractivity contribution in [1.82, 2.24) is 0 Å². The smallest absolute Gasteiger partial charge is 0.259 e. The molecule has 3 nitrogen and oxygen atoms in total. The van der Waals surface area contributed by atoms with Gasteiger partial charge in [-0.15, -0.1) is 0 Å². The molecule has 0 fully saturated rings. The van der Waals surface area contributed by atoms with Crippen LogP contribution in [0.3, 0.4) is 0 Å². The number of carbonyl (C=O) groups excluding carboxylic acids is 1. The minimum absolute atomic E-state index is 0.245. The predicted octanol–water partition coefficient (Wildman–Crippen LogP) is 3.06. The van der Waals surface area contributed by atoms with Crippen molar-refractivity contribution < 1.29 is 23.1 Å². The van der Waals surface area contributed by atoms with Crippen LogP contribution in [-0.4, -0.2) is 11.0 Å². The number of hydrogen-bond donors (Lipinski definition) is 2. The molecule has 2 N–H and O–H groups in total. The summed E-state index contributed by atoms with van der Waals surface area (Å²) >= 11 is 0. The number of carbonyl (C=O) groups is 1. The maximum atomic E-state index is 13.3. The number of phenols is 1. The Morgan fingerprint density at radius 1 is 1.00 bits per heavy atom. The van der Waals surface area contributed by atoms with Crippen LogP contribution in [0.1, 0.15) is 10.4 Å². The highest BCUT2D eigenvalue weighted by Gasteiger charge is 2.14. The fourth-order valence-electron chi connectivity index (χ4n) is 1.48. The molecule has 6 heteroatoms. The van der Waals surface area contributed by atoms with Gasteiger partial charge in [0.1, 0.15) is 23.2 Å². The van der Waals surface area contributed by atoms with Gasteiger partial charge < -0.3 is 10.4 Å². The Balaban J connectivity index is 2.28. The maximum Gasteiger partial charge on any atom is 0.259 e. The van der Waals surface area contributed by atoms with Crippen molar-refractivity contribution in [2.24, 2.45) is 0 Å². The molecule has 2 rings (SSSR count). The quantitative estimate of drug-likeness (QED) is 0.878. The summed E-state index contributed by atoms with van der Waals surface area (Å²) in [6.45, 7) is 0. The summed E-state index contributed by atoms with van der Waals surface area (Å²) in [6, 6.07) is 5.31. The molecule has 0 aliphatic heterocycles. The molecule has 0 saturated carbocycles. The fourth-order valence-corrected chi connectivity index (χ4v) is 1.48. The number of phenolic OH excluding ortho intramolecular Hbond substituents is 1. The van der Waals surface area contributed by atoms with E-state index in [1.807, 2.05) is 0 Å². The van der Waals surface area contributed by atoms with E-state index < -0.39 is 29.1 Å². The Bertz CT molecular complexity index is 644. The third kappa shape index (κ3) is 2.85. The van der Waals surface area contributed by atoms with Gasteiger partial charge in [0.25, 0.3) is 5.91 Å². The molecule has 0 saturated heterocycles. The van der Waals surface area contributed by atoms with Gasteiger partial charge in [0.05, 0.1) is 11.3 Å². The summed E-state index contributed by atoms with van der Waals surface area (Å²) in [5.41, 5.74) is -0.612. The van der Waals surface area contributed by atoms with Crippen LogP contribution < -0.4 is 5.32 Å². The van der Waals surface area contributed by atoms with Crippen LogP contribution in [0.5, 0.6) is 5.75 Å². The molecule has 0 unspecified atom stereocenters. The summed E-state index contributed by atoms with van der Waals surface area (Å²) < 4.78 is 39.0. The minimum atomic E-state index is -0.873. The number of benzene rings is 2. The summed E-state index contributed by atoms with van der Waals surface area (Å²) in [6.07, 6.45) is 0. The van der Waals surface area contributed by atoms with Crippen molar-refractivity contribution in [1.29, 1.82) is 0 Å². The Kier molecular flexibility index (Phi) is 3.41. The lowest BCUT2D eigenvalue weighted by atomic mass is 10.1. The molecule has 0 aliphatic carbocycles. The molecule has 2 aromatic rings. The molecule has 0 aliphatic rings. The average molecular weight is 267 g/mol. The van der Waals surface area contributed by atoms with Crippen LogP contribution >= 0.6 is 0 Å². The molecular weight excluding hydrogens is 259 g/mol. The maximum absolute atomic E-state index is 13.3. The van der Waals surface area contributed by atoms with Crippen molar-refractivity contribution in [3.05, 3.63) is 59.4 Å². The van der Waals surface area contributed by atoms with Crippen molar-refractivity contribution in [3.63, 3.8) is 0 Å². The van der Waals surface area contributed by atoms with Crippen LogP contribution in [0.25, 0.3) is 0 Å². The van der Waals surface area contributed by atoms with Gasteiger partial charge in [0, 0.05) is 12.1 Å². The van der Waals surface area contributed by atoms with Crippen molar-refractivity contribution in [2.75, 3.05) is 5.32 Å². The van der Waals surface area contributed by atoms with Crippen molar-refractivity contribution in [3.8, 4) is 5.75 Å². The topological polar surface area (TPSA) is 49.3 Å². The third-order valence-electron chi connectivity index (χ3n) is 2.38. The highest BCUT2D eigenvalue weighted by atomic mass is 19.1. The number of amides is 1. The van der Waals surface area contributed by atoms with E-state index in [1.54, 1.807) is 0 Å². The molecule has 19 heavy (non-hydrogen) atoms. The second-order valence-corrected chi connectivity index (χ2v) is 3.74.